The summed E-state index contributed by atoms with van der Waals surface area (Å²) in [4.78, 5) is 10.9. The van der Waals surface area contributed by atoms with E-state index in [0.29, 0.717) is 0 Å². The normalized spacial score (nSPS) is 11.6. The molecule has 0 aliphatic rings. The monoisotopic (exact) mass is 174 g/mol. The minimum atomic E-state index is -0.526. The average molecular weight is 174 g/mol. The number of amides is 1. The smallest absolute Gasteiger partial charge is 0.407 e. The Kier molecular flexibility index (Phi) is 4.10. The van der Waals surface area contributed by atoms with Crippen LogP contribution in [-0.4, -0.2) is 29.7 Å². The van der Waals surface area contributed by atoms with Crippen molar-refractivity contribution >= 4 is 12.3 Å². The molecule has 0 rings (SSSR count). The lowest BCUT2D eigenvalue weighted by atomic mass is 10.1. The van der Waals surface area contributed by atoms with Gasteiger partial charge in [-0.2, -0.15) is 0 Å². The zero-order chi connectivity index (χ0) is 9.61. The van der Waals surface area contributed by atoms with E-state index >= 15 is 0 Å². The van der Waals surface area contributed by atoms with E-state index < -0.39 is 6.09 Å². The van der Waals surface area contributed by atoms with Crippen molar-refractivity contribution < 1.29 is 14.7 Å². The molecule has 12 heavy (non-hydrogen) atoms. The molecule has 0 aliphatic heterocycles. The van der Waals surface area contributed by atoms with E-state index in [2.05, 4.69) is 15.2 Å². The van der Waals surface area contributed by atoms with Gasteiger partial charge in [-0.3, -0.25) is 0 Å². The zero-order valence-corrected chi connectivity index (χ0v) is 7.50. The third kappa shape index (κ3) is 6.85. The second-order valence-corrected chi connectivity index (χ2v) is 3.27. The maximum absolute atomic E-state index is 10.9. The molecule has 5 heteroatoms. The van der Waals surface area contributed by atoms with Crippen LogP contribution in [-0.2, 0) is 4.74 Å². The summed E-state index contributed by atoms with van der Waals surface area (Å²) in [7, 11) is 0. The molecule has 0 unspecified atom stereocenters. The summed E-state index contributed by atoms with van der Waals surface area (Å²) in [6.07, 6.45) is 0.560. The van der Waals surface area contributed by atoms with Gasteiger partial charge >= 0.3 is 6.09 Å². The molecule has 0 aliphatic carbocycles. The average Bonchev–Trinajstić information content (AvgIpc) is 1.84. The number of hydrogen-bond acceptors (Lipinski definition) is 4. The Morgan fingerprint density at radius 1 is 1.67 bits per heavy atom. The van der Waals surface area contributed by atoms with Crippen LogP contribution in [0.3, 0.4) is 0 Å². The van der Waals surface area contributed by atoms with Gasteiger partial charge in [-0.05, 0) is 20.8 Å². The number of nitrogens with one attached hydrogen (secondary N) is 1. The largest absolute Gasteiger partial charge is 0.444 e. The third-order valence-electron chi connectivity index (χ3n) is 0.848. The van der Waals surface area contributed by atoms with Crippen LogP contribution in [0, 0.1) is 0 Å². The Hall–Kier alpha value is -1.26. The van der Waals surface area contributed by atoms with Gasteiger partial charge in [0.25, 0.3) is 0 Å². The number of carbonyl (C=O) groups is 1. The van der Waals surface area contributed by atoms with Gasteiger partial charge in [0.2, 0.25) is 0 Å². The molecule has 0 radical (unpaired) electrons. The Labute approximate surface area is 71.4 Å². The van der Waals surface area contributed by atoms with Gasteiger partial charge < -0.3 is 15.3 Å². The molecule has 0 heterocycles. The van der Waals surface area contributed by atoms with Gasteiger partial charge in [0.15, 0.2) is 0 Å². The number of rotatable bonds is 2. The Balaban J connectivity index is 3.61. The Morgan fingerprint density at radius 3 is 2.67 bits per heavy atom. The number of hydrogen-bond donors (Lipinski definition) is 2. The highest BCUT2D eigenvalue weighted by Crippen LogP contribution is 1.98. The first-order chi connectivity index (χ1) is 5.45. The summed E-state index contributed by atoms with van der Waals surface area (Å²) in [6.45, 7) is 5.50. The lowest BCUT2D eigenvalue weighted by molar-refractivity contribution is 0.152. The third-order valence-corrected chi connectivity index (χ3v) is 0.848. The van der Waals surface area contributed by atoms with Crippen LogP contribution in [0.15, 0.2) is 5.16 Å². The number of nitrogens with zero attached hydrogens (tertiary/aromatic N) is 1. The van der Waals surface area contributed by atoms with Gasteiger partial charge in [-0.25, -0.2) is 4.79 Å². The fourth-order valence-electron chi connectivity index (χ4n) is 0.489. The quantitative estimate of drug-likeness (QED) is 0.372. The minimum absolute atomic E-state index is 0.0294. The van der Waals surface area contributed by atoms with Crippen LogP contribution in [0.25, 0.3) is 0 Å². The molecule has 1 amide bonds. The number of carbonyl (C=O) groups excluding carboxylic acids is 1. The van der Waals surface area contributed by atoms with Crippen molar-refractivity contribution in [2.45, 2.75) is 26.3 Å². The first-order valence-corrected chi connectivity index (χ1v) is 3.56. The highest BCUT2D eigenvalue weighted by atomic mass is 16.5. The summed E-state index contributed by atoms with van der Waals surface area (Å²) < 4.78 is 4.60. The number of alkyl carbamates (subject to hydrolysis) is 1. The standard InChI is InChI=1S/C7H14N2O3/c1-7(2,3)9-6(10)12-5-4-8-11/h4,11H,5H2,1-3H3,(H,9,10)/b8-4+. The maximum atomic E-state index is 10.9. The van der Waals surface area contributed by atoms with Gasteiger partial charge in [-0.15, -0.1) is 0 Å². The summed E-state index contributed by atoms with van der Waals surface area (Å²) in [5, 5.41) is 13.2. The Bertz CT molecular complexity index is 172. The van der Waals surface area contributed by atoms with E-state index in [1.807, 2.05) is 20.8 Å². The summed E-state index contributed by atoms with van der Waals surface area (Å²) in [6, 6.07) is 0. The van der Waals surface area contributed by atoms with Crippen LogP contribution in [0.1, 0.15) is 20.8 Å². The second kappa shape index (κ2) is 4.58. The molecule has 0 aromatic carbocycles. The zero-order valence-electron chi connectivity index (χ0n) is 7.50. The van der Waals surface area contributed by atoms with Crippen LogP contribution in [0.4, 0.5) is 4.79 Å². The van der Waals surface area contributed by atoms with Crippen molar-refractivity contribution in [3.05, 3.63) is 0 Å². The van der Waals surface area contributed by atoms with Gasteiger partial charge in [0, 0.05) is 5.54 Å². The van der Waals surface area contributed by atoms with Crippen LogP contribution >= 0.6 is 0 Å². The fraction of sp³-hybridized carbons (Fsp3) is 0.714. The van der Waals surface area contributed by atoms with Crippen LogP contribution < -0.4 is 5.32 Å². The predicted octanol–water partition coefficient (Wildman–Crippen LogP) is 0.971. The first kappa shape index (κ1) is 10.7. The molecule has 5 nitrogen and oxygen atoms in total. The number of ether oxygens (including phenoxy) is 1. The first-order valence-electron chi connectivity index (χ1n) is 3.56. The maximum Gasteiger partial charge on any atom is 0.407 e. The van der Waals surface area contributed by atoms with Gasteiger partial charge in [0.1, 0.15) is 6.61 Å². The lowest BCUT2D eigenvalue weighted by Gasteiger charge is -2.19. The molecule has 0 atom stereocenters. The van der Waals surface area contributed by atoms with Gasteiger partial charge in [-0.1, -0.05) is 5.16 Å². The van der Waals surface area contributed by atoms with E-state index in [4.69, 9.17) is 5.21 Å². The van der Waals surface area contributed by atoms with Crippen molar-refractivity contribution in [3.8, 4) is 0 Å². The molecule has 0 spiro atoms. The van der Waals surface area contributed by atoms with E-state index in [1.54, 1.807) is 0 Å². The van der Waals surface area contributed by atoms with E-state index in [-0.39, 0.29) is 12.1 Å². The SMILES string of the molecule is CC(C)(C)NC(=O)OC/C=N/O. The van der Waals surface area contributed by atoms with Crippen molar-refractivity contribution in [1.82, 2.24) is 5.32 Å². The van der Waals surface area contributed by atoms with Crippen molar-refractivity contribution in [2.75, 3.05) is 6.61 Å². The van der Waals surface area contributed by atoms with Gasteiger partial charge in [0.05, 0.1) is 6.21 Å². The summed E-state index contributed by atoms with van der Waals surface area (Å²) in [5.74, 6) is 0. The molecular weight excluding hydrogens is 160 g/mol. The second-order valence-electron chi connectivity index (χ2n) is 3.27. The Morgan fingerprint density at radius 2 is 2.25 bits per heavy atom. The molecule has 2 N–H and O–H groups in total. The molecule has 0 saturated carbocycles. The molecule has 0 bridgehead atoms. The highest BCUT2D eigenvalue weighted by molar-refractivity contribution is 5.71. The molecule has 70 valence electrons. The topological polar surface area (TPSA) is 70.9 Å². The van der Waals surface area contributed by atoms with Crippen molar-refractivity contribution in [1.29, 1.82) is 0 Å². The van der Waals surface area contributed by atoms with E-state index in [9.17, 15) is 4.79 Å². The van der Waals surface area contributed by atoms with E-state index in [1.165, 1.54) is 0 Å². The molecule has 0 aromatic heterocycles. The molecule has 0 saturated heterocycles. The van der Waals surface area contributed by atoms with Crippen molar-refractivity contribution in [2.24, 2.45) is 5.16 Å². The highest BCUT2D eigenvalue weighted by Gasteiger charge is 2.13. The summed E-state index contributed by atoms with van der Waals surface area (Å²) in [5.41, 5.74) is -0.312. The lowest BCUT2D eigenvalue weighted by Crippen LogP contribution is -2.41. The fourth-order valence-corrected chi connectivity index (χ4v) is 0.489. The predicted molar refractivity (Wildman–Crippen MR) is 44.5 cm³/mol. The van der Waals surface area contributed by atoms with Crippen LogP contribution in [0.5, 0.6) is 0 Å². The van der Waals surface area contributed by atoms with Crippen LogP contribution in [0.2, 0.25) is 0 Å². The molecule has 0 aromatic rings. The number of oxime groups is 1. The molecule has 0 fully saturated rings. The van der Waals surface area contributed by atoms with E-state index in [0.717, 1.165) is 6.21 Å². The minimum Gasteiger partial charge on any atom is -0.444 e. The molecular formula is C7H14N2O3. The summed E-state index contributed by atoms with van der Waals surface area (Å²) >= 11 is 0. The van der Waals surface area contributed by atoms with Crippen molar-refractivity contribution in [3.63, 3.8) is 0 Å².